The Morgan fingerprint density at radius 3 is 2.71 bits per heavy atom. The molecule has 0 aliphatic heterocycles. The van der Waals surface area contributed by atoms with Crippen LogP contribution in [-0.2, 0) is 6.61 Å². The average molecular weight is 395 g/mol. The minimum atomic E-state index is -0.510. The lowest BCUT2D eigenvalue weighted by atomic mass is 10.2. The Morgan fingerprint density at radius 2 is 1.89 bits per heavy atom. The highest BCUT2D eigenvalue weighted by atomic mass is 35.5. The molecule has 2 heterocycles. The number of benzene rings is 2. The van der Waals surface area contributed by atoms with Crippen LogP contribution in [0.5, 0.6) is 5.75 Å². The summed E-state index contributed by atoms with van der Waals surface area (Å²) >= 11 is 6.15. The van der Waals surface area contributed by atoms with Gasteiger partial charge in [0.15, 0.2) is 5.65 Å². The number of ether oxygens (including phenoxy) is 1. The molecule has 0 atom stereocenters. The number of hydrogen-bond acceptors (Lipinski definition) is 5. The molecular weight excluding hydrogens is 379 g/mol. The standard InChI is InChI=1S/C21H16ClFN4O/c1-13-7-8-15-20(26-13)24-12-25-21(15)27-18-10-19(16(22)9-17(18)23)28-11-14-5-3-2-4-6-14/h2-10,12H,11H2,1H3,(H,24,25,26,27). The SMILES string of the molecule is Cc1ccc2c(Nc3cc(OCc4ccccc4)c(Cl)cc3F)ncnc2n1. The second kappa shape index (κ2) is 7.78. The highest BCUT2D eigenvalue weighted by Gasteiger charge is 2.13. The Morgan fingerprint density at radius 1 is 1.07 bits per heavy atom. The van der Waals surface area contributed by atoms with E-state index in [1.54, 1.807) is 0 Å². The largest absolute Gasteiger partial charge is 0.487 e. The van der Waals surface area contributed by atoms with E-state index < -0.39 is 5.82 Å². The van der Waals surface area contributed by atoms with Gasteiger partial charge in [0, 0.05) is 11.8 Å². The summed E-state index contributed by atoms with van der Waals surface area (Å²) < 4.78 is 20.3. The summed E-state index contributed by atoms with van der Waals surface area (Å²) in [5.41, 5.74) is 2.56. The molecule has 0 bridgehead atoms. The molecular formula is C21H16ClFN4O. The minimum Gasteiger partial charge on any atom is -0.487 e. The fourth-order valence-corrected chi connectivity index (χ4v) is 2.94. The van der Waals surface area contributed by atoms with Crippen molar-refractivity contribution in [2.45, 2.75) is 13.5 Å². The summed E-state index contributed by atoms with van der Waals surface area (Å²) in [7, 11) is 0. The molecule has 2 aromatic heterocycles. The fourth-order valence-electron chi connectivity index (χ4n) is 2.74. The van der Waals surface area contributed by atoms with Gasteiger partial charge in [0.1, 0.15) is 30.3 Å². The molecule has 0 fully saturated rings. The second-order valence-electron chi connectivity index (χ2n) is 6.21. The van der Waals surface area contributed by atoms with Crippen LogP contribution < -0.4 is 10.1 Å². The molecule has 5 nitrogen and oxygen atoms in total. The van der Waals surface area contributed by atoms with Gasteiger partial charge in [-0.25, -0.2) is 19.3 Å². The second-order valence-corrected chi connectivity index (χ2v) is 6.62. The van der Waals surface area contributed by atoms with Crippen LogP contribution in [-0.4, -0.2) is 15.0 Å². The van der Waals surface area contributed by atoms with E-state index >= 15 is 0 Å². The fraction of sp³-hybridized carbons (Fsp3) is 0.0952. The van der Waals surface area contributed by atoms with Crippen molar-refractivity contribution in [1.82, 2.24) is 15.0 Å². The normalized spacial score (nSPS) is 10.8. The van der Waals surface area contributed by atoms with Gasteiger partial charge in [-0.05, 0) is 30.7 Å². The zero-order valence-electron chi connectivity index (χ0n) is 15.0. The summed E-state index contributed by atoms with van der Waals surface area (Å²) in [4.78, 5) is 12.7. The number of pyridine rings is 1. The van der Waals surface area contributed by atoms with Gasteiger partial charge in [-0.3, -0.25) is 0 Å². The number of rotatable bonds is 5. The number of halogens is 2. The number of hydrogen-bond donors (Lipinski definition) is 1. The maximum atomic E-state index is 14.5. The number of aryl methyl sites for hydroxylation is 1. The third-order valence-electron chi connectivity index (χ3n) is 4.15. The Hall–Kier alpha value is -3.25. The zero-order chi connectivity index (χ0) is 19.5. The first-order chi connectivity index (χ1) is 13.6. The van der Waals surface area contributed by atoms with E-state index in [1.165, 1.54) is 18.5 Å². The first kappa shape index (κ1) is 18.1. The summed E-state index contributed by atoms with van der Waals surface area (Å²) in [5, 5.41) is 3.88. The van der Waals surface area contributed by atoms with Crippen LogP contribution in [0.2, 0.25) is 5.02 Å². The van der Waals surface area contributed by atoms with E-state index in [0.717, 1.165) is 11.3 Å². The predicted molar refractivity (Wildman–Crippen MR) is 108 cm³/mol. The zero-order valence-corrected chi connectivity index (χ0v) is 15.7. The van der Waals surface area contributed by atoms with Crippen molar-refractivity contribution in [3.8, 4) is 5.75 Å². The average Bonchev–Trinajstić information content (AvgIpc) is 2.70. The maximum absolute atomic E-state index is 14.5. The quantitative estimate of drug-likeness (QED) is 0.487. The lowest BCUT2D eigenvalue weighted by molar-refractivity contribution is 0.306. The molecule has 7 heteroatoms. The molecule has 140 valence electrons. The summed E-state index contributed by atoms with van der Waals surface area (Å²) in [5.74, 6) is 0.318. The van der Waals surface area contributed by atoms with Gasteiger partial charge in [-0.15, -0.1) is 0 Å². The van der Waals surface area contributed by atoms with Crippen LogP contribution in [0.4, 0.5) is 15.9 Å². The molecule has 0 unspecified atom stereocenters. The molecule has 4 aromatic rings. The van der Waals surface area contributed by atoms with E-state index in [1.807, 2.05) is 49.4 Å². The van der Waals surface area contributed by atoms with Crippen LogP contribution in [0.15, 0.2) is 60.9 Å². The van der Waals surface area contributed by atoms with Crippen LogP contribution in [0.1, 0.15) is 11.3 Å². The number of fused-ring (bicyclic) bond motifs is 1. The van der Waals surface area contributed by atoms with Gasteiger partial charge in [0.2, 0.25) is 0 Å². The van der Waals surface area contributed by atoms with Gasteiger partial charge < -0.3 is 10.1 Å². The summed E-state index contributed by atoms with van der Waals surface area (Å²) in [6.07, 6.45) is 1.39. The Kier molecular flexibility index (Phi) is 5.04. The van der Waals surface area contributed by atoms with Gasteiger partial charge >= 0.3 is 0 Å². The van der Waals surface area contributed by atoms with E-state index in [9.17, 15) is 4.39 Å². The first-order valence-corrected chi connectivity index (χ1v) is 8.99. The van der Waals surface area contributed by atoms with E-state index in [4.69, 9.17) is 16.3 Å². The highest BCUT2D eigenvalue weighted by molar-refractivity contribution is 6.32. The molecule has 0 aliphatic carbocycles. The molecule has 0 aliphatic rings. The topological polar surface area (TPSA) is 59.9 Å². The van der Waals surface area contributed by atoms with Gasteiger partial charge in [0.05, 0.1) is 16.1 Å². The van der Waals surface area contributed by atoms with Crippen molar-refractivity contribution in [2.24, 2.45) is 0 Å². The Balaban J connectivity index is 1.63. The summed E-state index contributed by atoms with van der Waals surface area (Å²) in [6.45, 7) is 2.20. The molecule has 0 saturated carbocycles. The van der Waals surface area contributed by atoms with Crippen LogP contribution in [0.25, 0.3) is 11.0 Å². The third kappa shape index (κ3) is 3.87. The molecule has 28 heavy (non-hydrogen) atoms. The molecule has 0 amide bonds. The van der Waals surface area contributed by atoms with Crippen molar-refractivity contribution in [3.05, 3.63) is 83.0 Å². The highest BCUT2D eigenvalue weighted by Crippen LogP contribution is 2.33. The predicted octanol–water partition coefficient (Wildman–Crippen LogP) is 5.45. The van der Waals surface area contributed by atoms with Gasteiger partial charge in [-0.1, -0.05) is 41.9 Å². The molecule has 0 spiro atoms. The smallest absolute Gasteiger partial charge is 0.164 e. The molecule has 1 N–H and O–H groups in total. The Bertz CT molecular complexity index is 1140. The molecule has 0 radical (unpaired) electrons. The van der Waals surface area contributed by atoms with E-state index in [-0.39, 0.29) is 10.7 Å². The van der Waals surface area contributed by atoms with Crippen LogP contribution in [0.3, 0.4) is 0 Å². The lowest BCUT2D eigenvalue weighted by Crippen LogP contribution is -2.01. The summed E-state index contributed by atoms with van der Waals surface area (Å²) in [6, 6.07) is 16.1. The molecule has 2 aromatic carbocycles. The number of anilines is 2. The molecule has 0 saturated heterocycles. The van der Waals surface area contributed by atoms with Crippen molar-refractivity contribution < 1.29 is 9.13 Å². The van der Waals surface area contributed by atoms with E-state index in [2.05, 4.69) is 20.3 Å². The maximum Gasteiger partial charge on any atom is 0.164 e. The number of nitrogens with zero attached hydrogens (tertiary/aromatic N) is 3. The number of aromatic nitrogens is 3. The lowest BCUT2D eigenvalue weighted by Gasteiger charge is -2.13. The van der Waals surface area contributed by atoms with Gasteiger partial charge in [-0.2, -0.15) is 0 Å². The van der Waals surface area contributed by atoms with Crippen molar-refractivity contribution in [3.63, 3.8) is 0 Å². The van der Waals surface area contributed by atoms with Crippen LogP contribution in [0, 0.1) is 12.7 Å². The van der Waals surface area contributed by atoms with Crippen LogP contribution >= 0.6 is 11.6 Å². The monoisotopic (exact) mass is 394 g/mol. The number of nitrogens with one attached hydrogen (secondary N) is 1. The minimum absolute atomic E-state index is 0.198. The van der Waals surface area contributed by atoms with Gasteiger partial charge in [0.25, 0.3) is 0 Å². The van der Waals surface area contributed by atoms with Crippen molar-refractivity contribution in [2.75, 3.05) is 5.32 Å². The Labute approximate surface area is 166 Å². The molecule has 4 rings (SSSR count). The van der Waals surface area contributed by atoms with Crippen molar-refractivity contribution in [1.29, 1.82) is 0 Å². The van der Waals surface area contributed by atoms with E-state index in [0.29, 0.717) is 29.2 Å². The first-order valence-electron chi connectivity index (χ1n) is 8.61. The third-order valence-corrected chi connectivity index (χ3v) is 4.44. The van der Waals surface area contributed by atoms with Crippen molar-refractivity contribution >= 4 is 34.1 Å².